The molecule has 1 amide bonds. The zero-order valence-electron chi connectivity index (χ0n) is 13.4. The molecule has 118 valence electrons. The third kappa shape index (κ3) is 5.77. The summed E-state index contributed by atoms with van der Waals surface area (Å²) in [6.45, 7) is 9.97. The van der Waals surface area contributed by atoms with Crippen molar-refractivity contribution in [1.82, 2.24) is 10.2 Å². The van der Waals surface area contributed by atoms with E-state index in [1.807, 2.05) is 20.8 Å². The minimum atomic E-state index is -0.442. The van der Waals surface area contributed by atoms with Crippen LogP contribution in [0.1, 0.15) is 40.0 Å². The van der Waals surface area contributed by atoms with Crippen LogP contribution < -0.4 is 11.1 Å². The van der Waals surface area contributed by atoms with Gasteiger partial charge in [0.2, 0.25) is 5.91 Å². The van der Waals surface area contributed by atoms with Crippen molar-refractivity contribution in [3.05, 3.63) is 0 Å². The van der Waals surface area contributed by atoms with Gasteiger partial charge in [0.05, 0.1) is 6.04 Å². The van der Waals surface area contributed by atoms with Gasteiger partial charge >= 0.3 is 0 Å². The molecule has 1 atom stereocenters. The Morgan fingerprint density at radius 3 is 2.50 bits per heavy atom. The van der Waals surface area contributed by atoms with Crippen LogP contribution in [0.25, 0.3) is 0 Å². The highest BCUT2D eigenvalue weighted by atomic mass is 16.5. The van der Waals surface area contributed by atoms with Gasteiger partial charge in [0, 0.05) is 39.4 Å². The number of methoxy groups -OCH3 is 1. The van der Waals surface area contributed by atoms with Crippen molar-refractivity contribution in [1.29, 1.82) is 0 Å². The Labute approximate surface area is 123 Å². The van der Waals surface area contributed by atoms with Crippen LogP contribution in [0.2, 0.25) is 0 Å². The quantitative estimate of drug-likeness (QED) is 0.714. The maximum Gasteiger partial charge on any atom is 0.237 e. The van der Waals surface area contributed by atoms with Crippen molar-refractivity contribution in [3.8, 4) is 0 Å². The molecule has 1 rings (SSSR count). The first-order chi connectivity index (χ1) is 9.34. The predicted octanol–water partition coefficient (Wildman–Crippen LogP) is 0.977. The van der Waals surface area contributed by atoms with Gasteiger partial charge in [-0.25, -0.2) is 0 Å². The lowest BCUT2D eigenvalue weighted by atomic mass is 9.86. The largest absolute Gasteiger partial charge is 0.385 e. The third-order valence-corrected chi connectivity index (χ3v) is 3.97. The van der Waals surface area contributed by atoms with E-state index in [-0.39, 0.29) is 17.4 Å². The summed E-state index contributed by atoms with van der Waals surface area (Å²) in [7, 11) is 1.74. The smallest absolute Gasteiger partial charge is 0.237 e. The fraction of sp³-hybridized carbons (Fsp3) is 0.933. The van der Waals surface area contributed by atoms with Gasteiger partial charge in [-0.1, -0.05) is 20.8 Å². The second-order valence-corrected chi connectivity index (χ2v) is 6.81. The highest BCUT2D eigenvalue weighted by molar-refractivity contribution is 5.82. The Hall–Kier alpha value is -0.650. The number of rotatable bonds is 6. The molecule has 1 aliphatic rings. The second kappa shape index (κ2) is 7.96. The van der Waals surface area contributed by atoms with Crippen molar-refractivity contribution >= 4 is 5.91 Å². The van der Waals surface area contributed by atoms with Gasteiger partial charge in [0.1, 0.15) is 0 Å². The molecule has 0 aliphatic carbocycles. The summed E-state index contributed by atoms with van der Waals surface area (Å²) < 4.78 is 5.07. The molecular weight excluding hydrogens is 254 g/mol. The number of hydrogen-bond donors (Lipinski definition) is 2. The van der Waals surface area contributed by atoms with Crippen LogP contribution in [-0.4, -0.2) is 56.2 Å². The molecule has 1 fully saturated rings. The van der Waals surface area contributed by atoms with Crippen molar-refractivity contribution in [2.45, 2.75) is 52.1 Å². The number of carbonyl (C=O) groups excluding carboxylic acids is 1. The Kier molecular flexibility index (Phi) is 6.92. The summed E-state index contributed by atoms with van der Waals surface area (Å²) in [5.41, 5.74) is 5.79. The van der Waals surface area contributed by atoms with Gasteiger partial charge in [-0.05, 0) is 24.7 Å². The normalized spacial score (nSPS) is 19.9. The first kappa shape index (κ1) is 17.4. The number of carbonyl (C=O) groups is 1. The van der Waals surface area contributed by atoms with Crippen LogP contribution in [0.3, 0.4) is 0 Å². The van der Waals surface area contributed by atoms with Crippen molar-refractivity contribution in [2.24, 2.45) is 11.1 Å². The van der Waals surface area contributed by atoms with E-state index in [1.165, 1.54) is 0 Å². The third-order valence-electron chi connectivity index (χ3n) is 3.97. The molecule has 1 saturated heterocycles. The highest BCUT2D eigenvalue weighted by Gasteiger charge is 2.29. The number of likely N-dealkylation sites (tertiary alicyclic amines) is 1. The van der Waals surface area contributed by atoms with E-state index < -0.39 is 6.04 Å². The monoisotopic (exact) mass is 285 g/mol. The zero-order valence-corrected chi connectivity index (χ0v) is 13.4. The topological polar surface area (TPSA) is 67.6 Å². The predicted molar refractivity (Wildman–Crippen MR) is 81.5 cm³/mol. The van der Waals surface area contributed by atoms with E-state index in [4.69, 9.17) is 10.5 Å². The van der Waals surface area contributed by atoms with Crippen LogP contribution in [-0.2, 0) is 9.53 Å². The van der Waals surface area contributed by atoms with Crippen LogP contribution in [0.5, 0.6) is 0 Å². The molecule has 0 aromatic heterocycles. The minimum Gasteiger partial charge on any atom is -0.385 e. The van der Waals surface area contributed by atoms with Crippen LogP contribution in [0.15, 0.2) is 0 Å². The molecule has 0 bridgehead atoms. The fourth-order valence-corrected chi connectivity index (χ4v) is 2.42. The van der Waals surface area contributed by atoms with E-state index in [0.29, 0.717) is 0 Å². The Balaban J connectivity index is 2.27. The van der Waals surface area contributed by atoms with Gasteiger partial charge in [-0.2, -0.15) is 0 Å². The van der Waals surface area contributed by atoms with Gasteiger partial charge in [-0.3, -0.25) is 4.79 Å². The van der Waals surface area contributed by atoms with E-state index in [0.717, 1.165) is 45.5 Å². The lowest BCUT2D eigenvalue weighted by Crippen LogP contribution is -2.53. The fourth-order valence-electron chi connectivity index (χ4n) is 2.42. The summed E-state index contributed by atoms with van der Waals surface area (Å²) >= 11 is 0. The molecule has 0 radical (unpaired) electrons. The maximum atomic E-state index is 12.1. The maximum absolute atomic E-state index is 12.1. The molecule has 5 nitrogen and oxygen atoms in total. The standard InChI is InChI=1S/C15H31N3O2/c1-15(2,3)13(16)14(19)17-12-6-9-18(10-7-12)8-5-11-20-4/h12-13H,5-11,16H2,1-4H3,(H,17,19)/t13-/m1/s1. The number of amides is 1. The summed E-state index contributed by atoms with van der Waals surface area (Å²) in [4.78, 5) is 14.5. The van der Waals surface area contributed by atoms with E-state index >= 15 is 0 Å². The minimum absolute atomic E-state index is 0.0182. The summed E-state index contributed by atoms with van der Waals surface area (Å²) in [6.07, 6.45) is 3.09. The SMILES string of the molecule is COCCCN1CCC(NC(=O)[C@@H](N)C(C)(C)C)CC1. The molecule has 0 saturated carbocycles. The van der Waals surface area contributed by atoms with Crippen LogP contribution in [0.4, 0.5) is 0 Å². The molecule has 5 heteroatoms. The number of nitrogens with zero attached hydrogens (tertiary/aromatic N) is 1. The number of nitrogens with two attached hydrogens (primary N) is 1. The number of ether oxygens (including phenoxy) is 1. The highest BCUT2D eigenvalue weighted by Crippen LogP contribution is 2.18. The molecule has 0 aromatic rings. The van der Waals surface area contributed by atoms with E-state index in [9.17, 15) is 4.79 Å². The second-order valence-electron chi connectivity index (χ2n) is 6.81. The van der Waals surface area contributed by atoms with Crippen LogP contribution >= 0.6 is 0 Å². The molecule has 1 heterocycles. The lowest BCUT2D eigenvalue weighted by Gasteiger charge is -2.34. The van der Waals surface area contributed by atoms with Gasteiger partial charge < -0.3 is 20.7 Å². The van der Waals surface area contributed by atoms with Gasteiger partial charge in [-0.15, -0.1) is 0 Å². The first-order valence-corrected chi connectivity index (χ1v) is 7.62. The lowest BCUT2D eigenvalue weighted by molar-refractivity contribution is -0.125. The summed E-state index contributed by atoms with van der Waals surface area (Å²) in [5, 5.41) is 3.10. The molecule has 0 unspecified atom stereocenters. The summed E-state index contributed by atoms with van der Waals surface area (Å²) in [5.74, 6) is -0.0182. The Morgan fingerprint density at radius 2 is 2.00 bits per heavy atom. The van der Waals surface area contributed by atoms with Gasteiger partial charge in [0.25, 0.3) is 0 Å². The molecule has 0 spiro atoms. The van der Waals surface area contributed by atoms with E-state index in [1.54, 1.807) is 7.11 Å². The van der Waals surface area contributed by atoms with Crippen molar-refractivity contribution in [3.63, 3.8) is 0 Å². The number of hydrogen-bond acceptors (Lipinski definition) is 4. The van der Waals surface area contributed by atoms with Crippen LogP contribution in [0, 0.1) is 5.41 Å². The van der Waals surface area contributed by atoms with E-state index in [2.05, 4.69) is 10.2 Å². The summed E-state index contributed by atoms with van der Waals surface area (Å²) in [6, 6.07) is -0.170. The van der Waals surface area contributed by atoms with Gasteiger partial charge in [0.15, 0.2) is 0 Å². The average molecular weight is 285 g/mol. The first-order valence-electron chi connectivity index (χ1n) is 7.62. The molecule has 20 heavy (non-hydrogen) atoms. The zero-order chi connectivity index (χ0) is 15.2. The Morgan fingerprint density at radius 1 is 1.40 bits per heavy atom. The molecular formula is C15H31N3O2. The molecule has 3 N–H and O–H groups in total. The molecule has 0 aromatic carbocycles. The number of piperidine rings is 1. The van der Waals surface area contributed by atoms with Crippen molar-refractivity contribution in [2.75, 3.05) is 33.4 Å². The molecule has 1 aliphatic heterocycles. The Bertz CT molecular complexity index is 294. The number of nitrogens with one attached hydrogen (secondary N) is 1. The average Bonchev–Trinajstić information content (AvgIpc) is 2.39. The van der Waals surface area contributed by atoms with Crippen molar-refractivity contribution < 1.29 is 9.53 Å².